The number of amides is 1. The number of hydrogen-bond acceptors (Lipinski definition) is 2. The third kappa shape index (κ3) is 3.48. The van der Waals surface area contributed by atoms with Gasteiger partial charge in [-0.2, -0.15) is 0 Å². The summed E-state index contributed by atoms with van der Waals surface area (Å²) in [5.74, 6) is 1.37. The van der Waals surface area contributed by atoms with Gasteiger partial charge in [-0.1, -0.05) is 22.4 Å². The molecule has 0 spiro atoms. The van der Waals surface area contributed by atoms with Crippen molar-refractivity contribution in [2.75, 3.05) is 20.2 Å². The Kier molecular flexibility index (Phi) is 4.64. The molecule has 1 amide bonds. The zero-order valence-corrected chi connectivity index (χ0v) is 12.1. The Morgan fingerprint density at radius 3 is 2.61 bits per heavy atom. The molecule has 0 radical (unpaired) electrons. The normalized spacial score (nSPS) is 15.0. The Morgan fingerprint density at radius 1 is 1.39 bits per heavy atom. The van der Waals surface area contributed by atoms with Crippen LogP contribution in [0.3, 0.4) is 0 Å². The van der Waals surface area contributed by atoms with E-state index in [-0.39, 0.29) is 11.8 Å². The van der Waals surface area contributed by atoms with E-state index in [9.17, 15) is 4.79 Å². The average Bonchev–Trinajstić information content (AvgIpc) is 2.29. The van der Waals surface area contributed by atoms with Crippen molar-refractivity contribution in [2.45, 2.75) is 19.3 Å². The summed E-state index contributed by atoms with van der Waals surface area (Å²) in [4.78, 5) is 13.7. The first-order valence-electron chi connectivity index (χ1n) is 6.30. The summed E-state index contributed by atoms with van der Waals surface area (Å²) < 4.78 is 6.63. The number of halogens is 1. The SMILES string of the molecule is CN(CCOc1ccc(Br)cc1)C(=O)C1CCC1. The van der Waals surface area contributed by atoms with Crippen molar-refractivity contribution < 1.29 is 9.53 Å². The van der Waals surface area contributed by atoms with E-state index in [0.717, 1.165) is 23.1 Å². The molecule has 0 bridgehead atoms. The highest BCUT2D eigenvalue weighted by Gasteiger charge is 2.27. The van der Waals surface area contributed by atoms with Gasteiger partial charge in [-0.3, -0.25) is 4.79 Å². The Labute approximate surface area is 116 Å². The number of rotatable bonds is 5. The monoisotopic (exact) mass is 311 g/mol. The highest BCUT2D eigenvalue weighted by Crippen LogP contribution is 2.27. The number of carbonyl (C=O) groups is 1. The van der Waals surface area contributed by atoms with Crippen molar-refractivity contribution in [1.29, 1.82) is 0 Å². The van der Waals surface area contributed by atoms with Crippen LogP contribution >= 0.6 is 15.9 Å². The summed E-state index contributed by atoms with van der Waals surface area (Å²) in [6, 6.07) is 7.72. The van der Waals surface area contributed by atoms with Crippen LogP contribution < -0.4 is 4.74 Å². The summed E-state index contributed by atoms with van der Waals surface area (Å²) in [5, 5.41) is 0. The van der Waals surface area contributed by atoms with E-state index in [2.05, 4.69) is 15.9 Å². The molecular weight excluding hydrogens is 294 g/mol. The Morgan fingerprint density at radius 2 is 2.06 bits per heavy atom. The molecule has 1 aliphatic rings. The maximum absolute atomic E-state index is 11.9. The molecule has 0 saturated heterocycles. The van der Waals surface area contributed by atoms with Gasteiger partial charge in [0.1, 0.15) is 12.4 Å². The van der Waals surface area contributed by atoms with Crippen molar-refractivity contribution >= 4 is 21.8 Å². The Balaban J connectivity index is 1.71. The fourth-order valence-corrected chi connectivity index (χ4v) is 2.17. The second kappa shape index (κ2) is 6.23. The number of benzene rings is 1. The van der Waals surface area contributed by atoms with Gasteiger partial charge in [0.15, 0.2) is 0 Å². The van der Waals surface area contributed by atoms with Crippen LogP contribution in [0, 0.1) is 5.92 Å². The summed E-state index contributed by atoms with van der Waals surface area (Å²) in [6.07, 6.45) is 3.30. The van der Waals surface area contributed by atoms with Gasteiger partial charge in [0.2, 0.25) is 5.91 Å². The molecule has 1 fully saturated rings. The van der Waals surface area contributed by atoms with Gasteiger partial charge in [0.25, 0.3) is 0 Å². The molecule has 0 atom stereocenters. The minimum atomic E-state index is 0.264. The number of carbonyl (C=O) groups excluding carboxylic acids is 1. The summed E-state index contributed by atoms with van der Waals surface area (Å²) in [6.45, 7) is 1.18. The topological polar surface area (TPSA) is 29.5 Å². The molecule has 1 saturated carbocycles. The number of nitrogens with zero attached hydrogens (tertiary/aromatic N) is 1. The maximum atomic E-state index is 11.9. The predicted molar refractivity (Wildman–Crippen MR) is 74.6 cm³/mol. The molecule has 2 rings (SSSR count). The fraction of sp³-hybridized carbons (Fsp3) is 0.500. The van der Waals surface area contributed by atoms with Crippen molar-refractivity contribution in [3.63, 3.8) is 0 Å². The van der Waals surface area contributed by atoms with Gasteiger partial charge in [-0.05, 0) is 37.1 Å². The Hall–Kier alpha value is -1.03. The summed E-state index contributed by atoms with van der Waals surface area (Å²) in [5.41, 5.74) is 0. The van der Waals surface area contributed by atoms with Crippen LogP contribution in [0.1, 0.15) is 19.3 Å². The number of hydrogen-bond donors (Lipinski definition) is 0. The molecule has 0 aliphatic heterocycles. The summed E-state index contributed by atoms with van der Waals surface area (Å²) >= 11 is 3.38. The summed E-state index contributed by atoms with van der Waals surface area (Å²) in [7, 11) is 1.85. The van der Waals surface area contributed by atoms with Gasteiger partial charge in [0, 0.05) is 17.4 Å². The van der Waals surface area contributed by atoms with Crippen molar-refractivity contribution in [3.05, 3.63) is 28.7 Å². The highest BCUT2D eigenvalue weighted by molar-refractivity contribution is 9.10. The van der Waals surface area contributed by atoms with Gasteiger partial charge in [0.05, 0.1) is 6.54 Å². The van der Waals surface area contributed by atoms with E-state index < -0.39 is 0 Å². The highest BCUT2D eigenvalue weighted by atomic mass is 79.9. The maximum Gasteiger partial charge on any atom is 0.225 e. The van der Waals surface area contributed by atoms with Crippen LogP contribution in [0.5, 0.6) is 5.75 Å². The second-order valence-corrected chi connectivity index (χ2v) is 5.61. The molecule has 0 N–H and O–H groups in total. The molecule has 1 aliphatic carbocycles. The zero-order chi connectivity index (χ0) is 13.0. The average molecular weight is 312 g/mol. The van der Waals surface area contributed by atoms with Crippen LogP contribution in [-0.2, 0) is 4.79 Å². The Bertz CT molecular complexity index is 401. The van der Waals surface area contributed by atoms with Crippen LogP contribution in [0.4, 0.5) is 0 Å². The fourth-order valence-electron chi connectivity index (χ4n) is 1.91. The van der Waals surface area contributed by atoms with E-state index in [4.69, 9.17) is 4.74 Å². The molecule has 1 aromatic rings. The van der Waals surface area contributed by atoms with E-state index >= 15 is 0 Å². The van der Waals surface area contributed by atoms with Gasteiger partial charge in [-0.25, -0.2) is 0 Å². The predicted octanol–water partition coefficient (Wildman–Crippen LogP) is 3.09. The quantitative estimate of drug-likeness (QED) is 0.836. The van der Waals surface area contributed by atoms with Crippen molar-refractivity contribution in [3.8, 4) is 5.75 Å². The third-order valence-electron chi connectivity index (χ3n) is 3.34. The van der Waals surface area contributed by atoms with E-state index in [1.807, 2.05) is 31.3 Å². The molecule has 0 aromatic heterocycles. The van der Waals surface area contributed by atoms with Crippen molar-refractivity contribution in [1.82, 2.24) is 4.90 Å². The molecule has 98 valence electrons. The van der Waals surface area contributed by atoms with Crippen LogP contribution in [0.25, 0.3) is 0 Å². The lowest BCUT2D eigenvalue weighted by molar-refractivity contribution is -0.137. The third-order valence-corrected chi connectivity index (χ3v) is 3.87. The first-order valence-corrected chi connectivity index (χ1v) is 7.09. The van der Waals surface area contributed by atoms with Crippen LogP contribution in [0.15, 0.2) is 28.7 Å². The van der Waals surface area contributed by atoms with Gasteiger partial charge < -0.3 is 9.64 Å². The first kappa shape index (κ1) is 13.4. The van der Waals surface area contributed by atoms with Crippen LogP contribution in [0.2, 0.25) is 0 Å². The number of ether oxygens (including phenoxy) is 1. The van der Waals surface area contributed by atoms with E-state index in [0.29, 0.717) is 13.2 Å². The molecule has 1 aromatic carbocycles. The zero-order valence-electron chi connectivity index (χ0n) is 10.6. The molecular formula is C14H18BrNO2. The lowest BCUT2D eigenvalue weighted by Gasteiger charge is -2.29. The van der Waals surface area contributed by atoms with Gasteiger partial charge in [-0.15, -0.1) is 0 Å². The first-order chi connectivity index (χ1) is 8.66. The molecule has 4 heteroatoms. The molecule has 0 unspecified atom stereocenters. The van der Waals surface area contributed by atoms with Crippen LogP contribution in [-0.4, -0.2) is 31.0 Å². The number of likely N-dealkylation sites (N-methyl/N-ethyl adjacent to an activating group) is 1. The lowest BCUT2D eigenvalue weighted by atomic mass is 9.84. The smallest absolute Gasteiger partial charge is 0.225 e. The minimum absolute atomic E-state index is 0.264. The lowest BCUT2D eigenvalue weighted by Crippen LogP contribution is -2.38. The van der Waals surface area contributed by atoms with E-state index in [1.165, 1.54) is 6.42 Å². The largest absolute Gasteiger partial charge is 0.492 e. The molecule has 0 heterocycles. The molecule has 18 heavy (non-hydrogen) atoms. The molecule has 3 nitrogen and oxygen atoms in total. The van der Waals surface area contributed by atoms with E-state index in [1.54, 1.807) is 4.90 Å². The second-order valence-electron chi connectivity index (χ2n) is 4.69. The standard InChI is InChI=1S/C14H18BrNO2/c1-16(14(17)11-3-2-4-11)9-10-18-13-7-5-12(15)6-8-13/h5-8,11H,2-4,9-10H2,1H3. The van der Waals surface area contributed by atoms with Crippen molar-refractivity contribution in [2.24, 2.45) is 5.92 Å². The van der Waals surface area contributed by atoms with Gasteiger partial charge >= 0.3 is 0 Å². The minimum Gasteiger partial charge on any atom is -0.492 e.